The Hall–Kier alpha value is -0.570. The van der Waals surface area contributed by atoms with Gasteiger partial charge in [0.1, 0.15) is 0 Å². The molecule has 0 bridgehead atoms. The molecule has 0 heterocycles. The first-order chi connectivity index (χ1) is 6.52. The van der Waals surface area contributed by atoms with Crippen molar-refractivity contribution in [2.75, 3.05) is 0 Å². The molecular formula is C11H23NO2. The van der Waals surface area contributed by atoms with Crippen LogP contribution in [-0.4, -0.2) is 17.1 Å². The summed E-state index contributed by atoms with van der Waals surface area (Å²) < 4.78 is 0. The van der Waals surface area contributed by atoms with Crippen LogP contribution in [0.15, 0.2) is 0 Å². The molecule has 3 unspecified atom stereocenters. The molecule has 0 aromatic rings. The summed E-state index contributed by atoms with van der Waals surface area (Å²) in [6.07, 6.45) is 4.22. The Labute approximate surface area is 86.7 Å². The number of carbonyl (C=O) groups is 1. The molecule has 0 radical (unpaired) electrons. The number of carboxylic acid groups (broad SMARTS) is 1. The molecule has 3 heteroatoms. The Balaban J connectivity index is 4.00. The van der Waals surface area contributed by atoms with E-state index in [1.807, 2.05) is 0 Å². The average Bonchev–Trinajstić information content (AvgIpc) is 2.15. The molecule has 0 rings (SSSR count). The molecule has 0 saturated carbocycles. The number of hydrogen-bond donors (Lipinski definition) is 2. The van der Waals surface area contributed by atoms with E-state index in [0.717, 1.165) is 25.7 Å². The zero-order valence-corrected chi connectivity index (χ0v) is 9.49. The molecule has 0 aliphatic heterocycles. The quantitative estimate of drug-likeness (QED) is 0.664. The largest absolute Gasteiger partial charge is 0.481 e. The van der Waals surface area contributed by atoms with Crippen LogP contribution in [0.1, 0.15) is 46.5 Å². The van der Waals surface area contributed by atoms with Crippen molar-refractivity contribution in [3.8, 4) is 0 Å². The van der Waals surface area contributed by atoms with Crippen LogP contribution >= 0.6 is 0 Å². The molecule has 84 valence electrons. The van der Waals surface area contributed by atoms with E-state index >= 15 is 0 Å². The van der Waals surface area contributed by atoms with Crippen molar-refractivity contribution >= 4 is 5.97 Å². The predicted molar refractivity (Wildman–Crippen MR) is 58.1 cm³/mol. The van der Waals surface area contributed by atoms with E-state index in [0.29, 0.717) is 5.92 Å². The fourth-order valence-corrected chi connectivity index (χ4v) is 1.67. The molecule has 3 nitrogen and oxygen atoms in total. The number of carboxylic acids is 1. The van der Waals surface area contributed by atoms with Crippen LogP contribution in [-0.2, 0) is 4.79 Å². The number of aliphatic carboxylic acids is 1. The molecule has 0 aromatic carbocycles. The van der Waals surface area contributed by atoms with E-state index in [1.165, 1.54) is 0 Å². The molecule has 14 heavy (non-hydrogen) atoms. The third kappa shape index (κ3) is 4.61. The lowest BCUT2D eigenvalue weighted by Crippen LogP contribution is -2.35. The highest BCUT2D eigenvalue weighted by Gasteiger charge is 2.22. The summed E-state index contributed by atoms with van der Waals surface area (Å²) in [6, 6.07) is -0.205. The summed E-state index contributed by atoms with van der Waals surface area (Å²) in [5.41, 5.74) is 5.84. The Morgan fingerprint density at radius 1 is 1.43 bits per heavy atom. The van der Waals surface area contributed by atoms with Gasteiger partial charge in [-0.15, -0.1) is 0 Å². The minimum absolute atomic E-state index is 0.205. The lowest BCUT2D eigenvalue weighted by atomic mass is 9.88. The average molecular weight is 201 g/mol. The fraction of sp³-hybridized carbons (Fsp3) is 0.909. The fourth-order valence-electron chi connectivity index (χ4n) is 1.67. The van der Waals surface area contributed by atoms with E-state index in [1.54, 1.807) is 6.92 Å². The molecule has 0 fully saturated rings. The molecular weight excluding hydrogens is 178 g/mol. The van der Waals surface area contributed by atoms with Gasteiger partial charge in [-0.05, 0) is 12.3 Å². The molecule has 0 saturated heterocycles. The highest BCUT2D eigenvalue weighted by Crippen LogP contribution is 2.19. The van der Waals surface area contributed by atoms with Crippen molar-refractivity contribution in [3.05, 3.63) is 0 Å². The first-order valence-corrected chi connectivity index (χ1v) is 5.51. The van der Waals surface area contributed by atoms with E-state index in [2.05, 4.69) is 13.8 Å². The van der Waals surface area contributed by atoms with Crippen molar-refractivity contribution in [2.24, 2.45) is 17.6 Å². The Kier molecular flexibility index (Phi) is 6.54. The summed E-state index contributed by atoms with van der Waals surface area (Å²) in [5, 5.41) is 8.79. The molecule has 3 atom stereocenters. The Bertz CT molecular complexity index is 171. The van der Waals surface area contributed by atoms with Gasteiger partial charge in [0, 0.05) is 6.04 Å². The van der Waals surface area contributed by atoms with E-state index in [-0.39, 0.29) is 6.04 Å². The lowest BCUT2D eigenvalue weighted by molar-refractivity contribution is -0.141. The van der Waals surface area contributed by atoms with Crippen LogP contribution in [0.3, 0.4) is 0 Å². The van der Waals surface area contributed by atoms with E-state index in [4.69, 9.17) is 10.8 Å². The van der Waals surface area contributed by atoms with E-state index < -0.39 is 11.9 Å². The highest BCUT2D eigenvalue weighted by atomic mass is 16.4. The second-order valence-electron chi connectivity index (χ2n) is 4.09. The lowest BCUT2D eigenvalue weighted by Gasteiger charge is -2.21. The molecule has 3 N–H and O–H groups in total. The summed E-state index contributed by atoms with van der Waals surface area (Å²) in [4.78, 5) is 10.7. The third-order valence-electron chi connectivity index (χ3n) is 2.91. The van der Waals surface area contributed by atoms with Gasteiger partial charge in [0.05, 0.1) is 5.92 Å². The summed E-state index contributed by atoms with van der Waals surface area (Å²) in [5.74, 6) is -0.637. The van der Waals surface area contributed by atoms with E-state index in [9.17, 15) is 4.79 Å². The summed E-state index contributed by atoms with van der Waals surface area (Å²) in [7, 11) is 0. The van der Waals surface area contributed by atoms with Crippen LogP contribution in [0.2, 0.25) is 0 Å². The first-order valence-electron chi connectivity index (χ1n) is 5.51. The summed E-state index contributed by atoms with van der Waals surface area (Å²) in [6.45, 7) is 5.97. The van der Waals surface area contributed by atoms with Crippen LogP contribution < -0.4 is 5.73 Å². The second-order valence-corrected chi connectivity index (χ2v) is 4.09. The Morgan fingerprint density at radius 2 is 2.00 bits per heavy atom. The van der Waals surface area contributed by atoms with Crippen LogP contribution in [0.25, 0.3) is 0 Å². The van der Waals surface area contributed by atoms with Crippen molar-refractivity contribution in [1.82, 2.24) is 0 Å². The second kappa shape index (κ2) is 6.82. The van der Waals surface area contributed by atoms with Gasteiger partial charge >= 0.3 is 5.97 Å². The molecule has 0 aliphatic carbocycles. The Morgan fingerprint density at radius 3 is 2.36 bits per heavy atom. The molecule has 0 aliphatic rings. The topological polar surface area (TPSA) is 63.3 Å². The van der Waals surface area contributed by atoms with Gasteiger partial charge in [0.15, 0.2) is 0 Å². The normalized spacial score (nSPS) is 17.4. The van der Waals surface area contributed by atoms with Gasteiger partial charge in [0.25, 0.3) is 0 Å². The van der Waals surface area contributed by atoms with Crippen molar-refractivity contribution in [1.29, 1.82) is 0 Å². The maximum absolute atomic E-state index is 10.7. The molecule has 0 aromatic heterocycles. The monoisotopic (exact) mass is 201 g/mol. The van der Waals surface area contributed by atoms with Crippen LogP contribution in [0.4, 0.5) is 0 Å². The highest BCUT2D eigenvalue weighted by molar-refractivity contribution is 5.70. The molecule has 0 spiro atoms. The minimum atomic E-state index is -0.788. The van der Waals surface area contributed by atoms with Gasteiger partial charge in [-0.1, -0.05) is 40.0 Å². The van der Waals surface area contributed by atoms with Crippen molar-refractivity contribution < 1.29 is 9.90 Å². The van der Waals surface area contributed by atoms with Crippen LogP contribution in [0, 0.1) is 11.8 Å². The SMILES string of the molecule is CCCC(CC)CC(N)C(C)C(=O)O. The maximum Gasteiger partial charge on any atom is 0.307 e. The zero-order chi connectivity index (χ0) is 11.1. The smallest absolute Gasteiger partial charge is 0.307 e. The van der Waals surface area contributed by atoms with Crippen molar-refractivity contribution in [2.45, 2.75) is 52.5 Å². The predicted octanol–water partition coefficient (Wildman–Crippen LogP) is 2.25. The first kappa shape index (κ1) is 13.4. The number of rotatable bonds is 7. The maximum atomic E-state index is 10.7. The third-order valence-corrected chi connectivity index (χ3v) is 2.91. The standard InChI is InChI=1S/C11H23NO2/c1-4-6-9(5-2)7-10(12)8(3)11(13)14/h8-10H,4-7,12H2,1-3H3,(H,13,14). The van der Waals surface area contributed by atoms with Gasteiger partial charge < -0.3 is 10.8 Å². The van der Waals surface area contributed by atoms with Crippen molar-refractivity contribution in [3.63, 3.8) is 0 Å². The van der Waals surface area contributed by atoms with Gasteiger partial charge in [-0.3, -0.25) is 4.79 Å². The van der Waals surface area contributed by atoms with Gasteiger partial charge in [-0.2, -0.15) is 0 Å². The zero-order valence-electron chi connectivity index (χ0n) is 9.49. The molecule has 0 amide bonds. The number of hydrogen-bond acceptors (Lipinski definition) is 2. The number of nitrogens with two attached hydrogens (primary N) is 1. The van der Waals surface area contributed by atoms with Gasteiger partial charge in [-0.25, -0.2) is 0 Å². The van der Waals surface area contributed by atoms with Crippen LogP contribution in [0.5, 0.6) is 0 Å². The minimum Gasteiger partial charge on any atom is -0.481 e. The van der Waals surface area contributed by atoms with Gasteiger partial charge in [0.2, 0.25) is 0 Å². The summed E-state index contributed by atoms with van der Waals surface area (Å²) >= 11 is 0.